The highest BCUT2D eigenvalue weighted by molar-refractivity contribution is 5.93. The number of nitrogens with zero attached hydrogens (tertiary/aromatic N) is 1. The Morgan fingerprint density at radius 3 is 2.35 bits per heavy atom. The van der Waals surface area contributed by atoms with E-state index in [9.17, 15) is 14.4 Å². The fourth-order valence-electron chi connectivity index (χ4n) is 1.83. The van der Waals surface area contributed by atoms with Gasteiger partial charge in [0, 0.05) is 13.0 Å². The van der Waals surface area contributed by atoms with Crippen molar-refractivity contribution in [2.24, 2.45) is 0 Å². The zero-order chi connectivity index (χ0) is 14.7. The number of hydrogen-bond acceptors (Lipinski definition) is 4. The molecule has 2 bridgehead atoms. The number of fused-ring (bicyclic) bond motifs is 2. The van der Waals surface area contributed by atoms with E-state index in [0.717, 1.165) is 11.5 Å². The topological polar surface area (TPSA) is 95.9 Å². The molecule has 1 unspecified atom stereocenters. The second-order valence-corrected chi connectivity index (χ2v) is 4.44. The van der Waals surface area contributed by atoms with Crippen LogP contribution in [0.2, 0.25) is 0 Å². The van der Waals surface area contributed by atoms with E-state index in [1.165, 1.54) is 11.8 Å². The second kappa shape index (κ2) is 5.60. The molecule has 0 radical (unpaired) electrons. The van der Waals surface area contributed by atoms with Crippen LogP contribution in [-0.2, 0) is 14.4 Å². The average Bonchev–Trinajstić information content (AvgIpc) is 2.37. The summed E-state index contributed by atoms with van der Waals surface area (Å²) in [5, 5.41) is 10.8. The lowest BCUT2D eigenvalue weighted by molar-refractivity contribution is -0.153. The molecule has 1 saturated heterocycles. The van der Waals surface area contributed by atoms with Crippen molar-refractivity contribution in [2.75, 3.05) is 13.1 Å². The molecule has 1 fully saturated rings. The highest BCUT2D eigenvalue weighted by Crippen LogP contribution is 2.32. The predicted octanol–water partition coefficient (Wildman–Crippen LogP) is 0.210. The minimum Gasteiger partial charge on any atom is -0.480 e. The predicted molar refractivity (Wildman–Crippen MR) is 68.3 cm³/mol. The summed E-state index contributed by atoms with van der Waals surface area (Å²) in [6.07, 6.45) is 0. The number of carboxylic acids is 1. The van der Waals surface area contributed by atoms with Gasteiger partial charge in [0.05, 0.1) is 6.54 Å². The van der Waals surface area contributed by atoms with Gasteiger partial charge in [-0.05, 0) is 12.1 Å². The molecule has 1 aromatic rings. The molecule has 0 aliphatic carbocycles. The minimum atomic E-state index is -1.05. The molecule has 1 atom stereocenters. The van der Waals surface area contributed by atoms with E-state index < -0.39 is 12.0 Å². The van der Waals surface area contributed by atoms with Gasteiger partial charge in [0.1, 0.15) is 24.1 Å². The molecule has 1 aromatic carbocycles. The largest absolute Gasteiger partial charge is 0.480 e. The summed E-state index contributed by atoms with van der Waals surface area (Å²) in [6.45, 7) is 1.30. The second-order valence-electron chi connectivity index (χ2n) is 4.44. The minimum absolute atomic E-state index is 0.282. The summed E-state index contributed by atoms with van der Waals surface area (Å²) >= 11 is 0. The quantitative estimate of drug-likeness (QED) is 0.782. The third-order valence-corrected chi connectivity index (χ3v) is 2.76. The number of aliphatic carboxylic acids is 1. The van der Waals surface area contributed by atoms with Crippen LogP contribution < -0.4 is 10.1 Å². The van der Waals surface area contributed by atoms with Gasteiger partial charge in [-0.1, -0.05) is 6.07 Å². The summed E-state index contributed by atoms with van der Waals surface area (Å²) in [5.74, 6) is 0.301. The highest BCUT2D eigenvalue weighted by atomic mass is 16.5. The Morgan fingerprint density at radius 1 is 1.45 bits per heavy atom. The number of rotatable bonds is 3. The first-order valence-corrected chi connectivity index (χ1v) is 6.01. The highest BCUT2D eigenvalue weighted by Gasteiger charge is 2.37. The number of hydrogen-bond donors (Lipinski definition) is 2. The van der Waals surface area contributed by atoms with Gasteiger partial charge in [0.2, 0.25) is 11.8 Å². The van der Waals surface area contributed by atoms with Gasteiger partial charge in [0.15, 0.2) is 0 Å². The molecule has 3 heterocycles. The van der Waals surface area contributed by atoms with Crippen molar-refractivity contribution in [3.8, 4) is 11.5 Å². The van der Waals surface area contributed by atoms with Crippen LogP contribution in [-0.4, -0.2) is 46.9 Å². The molecule has 3 aliphatic rings. The van der Waals surface area contributed by atoms with Crippen molar-refractivity contribution in [1.82, 2.24) is 10.2 Å². The summed E-state index contributed by atoms with van der Waals surface area (Å²) in [6, 6.07) is 7.32. The molecule has 7 heteroatoms. The maximum atomic E-state index is 11.1. The van der Waals surface area contributed by atoms with Crippen LogP contribution in [0, 0.1) is 0 Å². The Morgan fingerprint density at radius 2 is 2.05 bits per heavy atom. The van der Waals surface area contributed by atoms with Crippen LogP contribution >= 0.6 is 0 Å². The normalized spacial score (nSPS) is 17.8. The monoisotopic (exact) mass is 278 g/mol. The number of carbonyl (C=O) groups is 3. The van der Waals surface area contributed by atoms with Crippen LogP contribution in [0.3, 0.4) is 0 Å². The van der Waals surface area contributed by atoms with Crippen LogP contribution in [0.1, 0.15) is 6.92 Å². The molecule has 2 N–H and O–H groups in total. The van der Waals surface area contributed by atoms with Crippen molar-refractivity contribution < 1.29 is 24.2 Å². The van der Waals surface area contributed by atoms with Gasteiger partial charge in [-0.2, -0.15) is 0 Å². The molecule has 0 aromatic heterocycles. The summed E-state index contributed by atoms with van der Waals surface area (Å²) in [4.78, 5) is 33.0. The van der Waals surface area contributed by atoms with Crippen LogP contribution in [0.25, 0.3) is 0 Å². The summed E-state index contributed by atoms with van der Waals surface area (Å²) in [7, 11) is 0. The third kappa shape index (κ3) is 3.25. The fourth-order valence-corrected chi connectivity index (χ4v) is 1.83. The molecule has 0 saturated carbocycles. The lowest BCUT2D eigenvalue weighted by Crippen LogP contribution is -2.64. The van der Waals surface area contributed by atoms with Gasteiger partial charge >= 0.3 is 5.97 Å². The Balaban J connectivity index is 0.000000173. The lowest BCUT2D eigenvalue weighted by atomic mass is 10.1. The molecule has 3 aliphatic heterocycles. The number of likely N-dealkylation sites (tertiary alicyclic amines) is 1. The Kier molecular flexibility index (Phi) is 3.88. The van der Waals surface area contributed by atoms with Gasteiger partial charge in [-0.25, -0.2) is 0 Å². The smallest absolute Gasteiger partial charge is 0.323 e. The van der Waals surface area contributed by atoms with Gasteiger partial charge in [-0.3, -0.25) is 14.4 Å². The number of benzene rings is 1. The van der Waals surface area contributed by atoms with E-state index in [1.807, 2.05) is 24.3 Å². The molecule has 106 valence electrons. The zero-order valence-corrected chi connectivity index (χ0v) is 10.8. The molecule has 0 spiro atoms. The Hall–Kier alpha value is -2.57. The number of nitrogens with one attached hydrogen (secondary N) is 1. The standard InChI is InChI=1S/C7H10N2O4.C6H4O/c1-4(10)8-5-2-9(7(5)13)3-6(11)12;1-2-5-4-6(3-1)7-5/h5H,2-3H2,1H3,(H,8,10)(H,11,12);1-4H. The molecule has 7 nitrogen and oxygen atoms in total. The van der Waals surface area contributed by atoms with E-state index in [-0.39, 0.29) is 24.9 Å². The lowest BCUT2D eigenvalue weighted by Gasteiger charge is -2.37. The SMILES string of the molecule is CC(=O)NC1CN(CC(=O)O)C1=O.c1cc2cc(c1)O2. The number of carboxylic acid groups (broad SMARTS) is 1. The fraction of sp³-hybridized carbons (Fsp3) is 0.308. The molecule has 20 heavy (non-hydrogen) atoms. The van der Waals surface area contributed by atoms with Crippen molar-refractivity contribution in [2.45, 2.75) is 13.0 Å². The van der Waals surface area contributed by atoms with Crippen molar-refractivity contribution in [3.63, 3.8) is 0 Å². The van der Waals surface area contributed by atoms with Crippen molar-refractivity contribution in [1.29, 1.82) is 0 Å². The van der Waals surface area contributed by atoms with E-state index in [2.05, 4.69) is 5.32 Å². The Bertz CT molecular complexity index is 509. The van der Waals surface area contributed by atoms with Crippen molar-refractivity contribution >= 4 is 17.8 Å². The summed E-state index contributed by atoms with van der Waals surface area (Å²) in [5.41, 5.74) is 0. The number of β-lactam (4-membered cyclic amide) rings is 1. The van der Waals surface area contributed by atoms with Gasteiger partial charge < -0.3 is 20.1 Å². The number of carbonyl (C=O) groups excluding carboxylic acids is 2. The van der Waals surface area contributed by atoms with Gasteiger partial charge in [0.25, 0.3) is 0 Å². The van der Waals surface area contributed by atoms with Crippen LogP contribution in [0.15, 0.2) is 24.3 Å². The Labute approximate surface area is 115 Å². The van der Waals surface area contributed by atoms with Crippen LogP contribution in [0.4, 0.5) is 0 Å². The molecular weight excluding hydrogens is 264 g/mol. The van der Waals surface area contributed by atoms with E-state index in [4.69, 9.17) is 9.84 Å². The van der Waals surface area contributed by atoms with Gasteiger partial charge in [-0.15, -0.1) is 0 Å². The van der Waals surface area contributed by atoms with Crippen LogP contribution in [0.5, 0.6) is 11.5 Å². The maximum absolute atomic E-state index is 11.1. The number of amides is 2. The van der Waals surface area contributed by atoms with E-state index in [0.29, 0.717) is 0 Å². The first kappa shape index (κ1) is 13.9. The maximum Gasteiger partial charge on any atom is 0.323 e. The van der Waals surface area contributed by atoms with E-state index >= 15 is 0 Å². The van der Waals surface area contributed by atoms with E-state index in [1.54, 1.807) is 0 Å². The molecular formula is C13H14N2O5. The van der Waals surface area contributed by atoms with Crippen molar-refractivity contribution in [3.05, 3.63) is 24.3 Å². The third-order valence-electron chi connectivity index (χ3n) is 2.76. The summed E-state index contributed by atoms with van der Waals surface area (Å²) < 4.78 is 5.01. The number of ether oxygens (including phenoxy) is 1. The molecule has 2 amide bonds. The first-order valence-electron chi connectivity index (χ1n) is 6.01. The zero-order valence-electron chi connectivity index (χ0n) is 10.8. The molecule has 4 rings (SSSR count). The first-order chi connectivity index (χ1) is 9.45. The average molecular weight is 278 g/mol.